The molecule has 7 heteroatoms. The first-order valence-corrected chi connectivity index (χ1v) is 9.64. The number of rotatable bonds is 5. The van der Waals surface area contributed by atoms with Crippen molar-refractivity contribution >= 4 is 11.8 Å². The molecule has 0 aliphatic carbocycles. The fraction of sp³-hybridized carbons (Fsp3) is 0.429. The standard InChI is InChI=1S/C21H26N4O3/c1-3-18-14-23(21(28)15-25-20(27)10-9-16(2)22-25)12-11-19(26)24(18)13-17-7-5-4-6-8-17/h4-10,18H,3,11-15H2,1-2H3. The Morgan fingerprint density at radius 2 is 1.89 bits per heavy atom. The minimum atomic E-state index is -0.303. The summed E-state index contributed by atoms with van der Waals surface area (Å²) in [6.45, 7) is 5.06. The highest BCUT2D eigenvalue weighted by molar-refractivity contribution is 5.80. The summed E-state index contributed by atoms with van der Waals surface area (Å²) >= 11 is 0. The van der Waals surface area contributed by atoms with Crippen LogP contribution in [-0.2, 0) is 22.7 Å². The number of hydrogen-bond acceptors (Lipinski definition) is 4. The van der Waals surface area contributed by atoms with Crippen LogP contribution in [0.5, 0.6) is 0 Å². The lowest BCUT2D eigenvalue weighted by atomic mass is 10.1. The second-order valence-electron chi connectivity index (χ2n) is 7.13. The van der Waals surface area contributed by atoms with Crippen molar-refractivity contribution in [2.45, 2.75) is 45.8 Å². The van der Waals surface area contributed by atoms with Crippen LogP contribution in [-0.4, -0.2) is 50.5 Å². The number of hydrogen-bond donors (Lipinski definition) is 0. The minimum Gasteiger partial charge on any atom is -0.339 e. The van der Waals surface area contributed by atoms with Crippen molar-refractivity contribution in [2.75, 3.05) is 13.1 Å². The van der Waals surface area contributed by atoms with E-state index in [0.29, 0.717) is 25.3 Å². The first-order chi connectivity index (χ1) is 13.5. The van der Waals surface area contributed by atoms with Gasteiger partial charge in [0.1, 0.15) is 6.54 Å². The van der Waals surface area contributed by atoms with E-state index in [1.807, 2.05) is 42.2 Å². The van der Waals surface area contributed by atoms with Crippen molar-refractivity contribution in [1.29, 1.82) is 0 Å². The summed E-state index contributed by atoms with van der Waals surface area (Å²) in [7, 11) is 0. The van der Waals surface area contributed by atoms with Crippen LogP contribution in [0.1, 0.15) is 31.0 Å². The first kappa shape index (κ1) is 19.8. The molecule has 0 spiro atoms. The van der Waals surface area contributed by atoms with Gasteiger partial charge in [-0.15, -0.1) is 0 Å². The fourth-order valence-corrected chi connectivity index (χ4v) is 3.49. The molecule has 2 aromatic rings. The molecule has 1 atom stereocenters. The Bertz CT molecular complexity index is 894. The normalized spacial score (nSPS) is 17.5. The quantitative estimate of drug-likeness (QED) is 0.787. The number of carbonyl (C=O) groups excluding carboxylic acids is 2. The summed E-state index contributed by atoms with van der Waals surface area (Å²) in [6, 6.07) is 12.9. The molecule has 1 aliphatic heterocycles. The van der Waals surface area contributed by atoms with Crippen molar-refractivity contribution in [1.82, 2.24) is 19.6 Å². The van der Waals surface area contributed by atoms with Gasteiger partial charge in [0.05, 0.1) is 5.69 Å². The van der Waals surface area contributed by atoms with Gasteiger partial charge >= 0.3 is 0 Å². The second-order valence-corrected chi connectivity index (χ2v) is 7.13. The SMILES string of the molecule is CCC1CN(C(=O)Cn2nc(C)ccc2=O)CCC(=O)N1Cc1ccccc1. The van der Waals surface area contributed by atoms with Gasteiger partial charge < -0.3 is 9.80 Å². The monoisotopic (exact) mass is 382 g/mol. The third-order valence-corrected chi connectivity index (χ3v) is 5.09. The van der Waals surface area contributed by atoms with Crippen LogP contribution in [0.4, 0.5) is 0 Å². The lowest BCUT2D eigenvalue weighted by Crippen LogP contribution is -2.45. The lowest BCUT2D eigenvalue weighted by Gasteiger charge is -2.31. The molecule has 3 rings (SSSR count). The van der Waals surface area contributed by atoms with Crippen molar-refractivity contribution in [3.8, 4) is 0 Å². The van der Waals surface area contributed by atoms with Crippen molar-refractivity contribution in [3.63, 3.8) is 0 Å². The third-order valence-electron chi connectivity index (χ3n) is 5.09. The maximum Gasteiger partial charge on any atom is 0.267 e. The minimum absolute atomic E-state index is 0.0526. The maximum atomic E-state index is 12.8. The predicted octanol–water partition coefficient (Wildman–Crippen LogP) is 1.59. The fourth-order valence-electron chi connectivity index (χ4n) is 3.49. The van der Waals surface area contributed by atoms with Gasteiger partial charge in [0.25, 0.3) is 5.56 Å². The van der Waals surface area contributed by atoms with Crippen LogP contribution in [0.2, 0.25) is 0 Å². The Balaban J connectivity index is 1.74. The van der Waals surface area contributed by atoms with Gasteiger partial charge in [-0.25, -0.2) is 4.68 Å². The van der Waals surface area contributed by atoms with E-state index in [0.717, 1.165) is 12.0 Å². The lowest BCUT2D eigenvalue weighted by molar-refractivity contribution is -0.133. The Morgan fingerprint density at radius 1 is 1.14 bits per heavy atom. The molecule has 7 nitrogen and oxygen atoms in total. The summed E-state index contributed by atoms with van der Waals surface area (Å²) < 4.78 is 1.19. The molecule has 1 aromatic heterocycles. The molecule has 1 saturated heterocycles. The number of nitrogens with zero attached hydrogens (tertiary/aromatic N) is 4. The first-order valence-electron chi connectivity index (χ1n) is 9.64. The Morgan fingerprint density at radius 3 is 2.61 bits per heavy atom. The highest BCUT2D eigenvalue weighted by Crippen LogP contribution is 2.18. The summed E-state index contributed by atoms with van der Waals surface area (Å²) in [6.07, 6.45) is 1.04. The summed E-state index contributed by atoms with van der Waals surface area (Å²) in [5.41, 5.74) is 1.45. The summed E-state index contributed by atoms with van der Waals surface area (Å²) in [5, 5.41) is 4.14. The van der Waals surface area contributed by atoms with E-state index < -0.39 is 0 Å². The van der Waals surface area contributed by atoms with Gasteiger partial charge in [0.15, 0.2) is 0 Å². The maximum absolute atomic E-state index is 12.8. The molecular weight excluding hydrogens is 356 g/mol. The van der Waals surface area contributed by atoms with Crippen LogP contribution < -0.4 is 5.56 Å². The number of aromatic nitrogens is 2. The van der Waals surface area contributed by atoms with E-state index in [2.05, 4.69) is 5.10 Å². The van der Waals surface area contributed by atoms with E-state index in [9.17, 15) is 14.4 Å². The highest BCUT2D eigenvalue weighted by Gasteiger charge is 2.30. The molecule has 0 radical (unpaired) electrons. The molecule has 0 bridgehead atoms. The number of benzene rings is 1. The molecule has 2 heterocycles. The highest BCUT2D eigenvalue weighted by atomic mass is 16.2. The van der Waals surface area contributed by atoms with Crippen LogP contribution in [0, 0.1) is 6.92 Å². The van der Waals surface area contributed by atoms with Crippen molar-refractivity contribution in [2.24, 2.45) is 0 Å². The largest absolute Gasteiger partial charge is 0.339 e. The van der Waals surface area contributed by atoms with Crippen LogP contribution in [0.15, 0.2) is 47.3 Å². The number of amides is 2. The van der Waals surface area contributed by atoms with E-state index >= 15 is 0 Å². The molecule has 0 N–H and O–H groups in total. The molecular formula is C21H26N4O3. The van der Waals surface area contributed by atoms with Gasteiger partial charge in [-0.3, -0.25) is 14.4 Å². The van der Waals surface area contributed by atoms with E-state index in [1.54, 1.807) is 17.9 Å². The number of aryl methyl sites for hydroxylation is 1. The molecule has 1 unspecified atom stereocenters. The predicted molar refractivity (Wildman–Crippen MR) is 106 cm³/mol. The molecule has 28 heavy (non-hydrogen) atoms. The molecule has 148 valence electrons. The average Bonchev–Trinajstić information content (AvgIpc) is 2.85. The second kappa shape index (κ2) is 8.82. The van der Waals surface area contributed by atoms with Gasteiger partial charge in [0.2, 0.25) is 11.8 Å². The molecule has 1 fully saturated rings. The molecule has 0 saturated carbocycles. The Kier molecular flexibility index (Phi) is 6.23. The van der Waals surface area contributed by atoms with Gasteiger partial charge in [0, 0.05) is 38.2 Å². The zero-order valence-corrected chi connectivity index (χ0v) is 16.4. The molecule has 1 aromatic carbocycles. The molecule has 1 aliphatic rings. The topological polar surface area (TPSA) is 75.5 Å². The van der Waals surface area contributed by atoms with E-state index in [1.165, 1.54) is 10.7 Å². The van der Waals surface area contributed by atoms with Crippen molar-refractivity contribution < 1.29 is 9.59 Å². The third kappa shape index (κ3) is 4.65. The average molecular weight is 382 g/mol. The van der Waals surface area contributed by atoms with Crippen LogP contribution in [0.3, 0.4) is 0 Å². The zero-order valence-electron chi connectivity index (χ0n) is 16.4. The zero-order chi connectivity index (χ0) is 20.1. The summed E-state index contributed by atoms with van der Waals surface area (Å²) in [4.78, 5) is 41.1. The molecule has 2 amide bonds. The number of carbonyl (C=O) groups is 2. The van der Waals surface area contributed by atoms with Gasteiger partial charge in [-0.05, 0) is 25.0 Å². The van der Waals surface area contributed by atoms with E-state index in [-0.39, 0.29) is 36.4 Å². The Hall–Kier alpha value is -2.96. The van der Waals surface area contributed by atoms with Gasteiger partial charge in [-0.2, -0.15) is 5.10 Å². The van der Waals surface area contributed by atoms with Crippen LogP contribution >= 0.6 is 0 Å². The van der Waals surface area contributed by atoms with Gasteiger partial charge in [-0.1, -0.05) is 37.3 Å². The summed E-state index contributed by atoms with van der Waals surface area (Å²) in [5.74, 6) is -0.134. The van der Waals surface area contributed by atoms with Crippen molar-refractivity contribution in [3.05, 3.63) is 64.1 Å². The smallest absolute Gasteiger partial charge is 0.267 e. The Labute approximate surface area is 164 Å². The van der Waals surface area contributed by atoms with Crippen LogP contribution in [0.25, 0.3) is 0 Å². The van der Waals surface area contributed by atoms with E-state index in [4.69, 9.17) is 0 Å².